The molecule has 1 rings (SSSR count). The van der Waals surface area contributed by atoms with E-state index in [0.717, 1.165) is 23.1 Å². The minimum absolute atomic E-state index is 0.441. The molecule has 1 aromatic heterocycles. The molecular formula is C11H18N2OS. The summed E-state index contributed by atoms with van der Waals surface area (Å²) in [4.78, 5) is 4.25. The Bertz CT molecular complexity index is 276. The van der Waals surface area contributed by atoms with Gasteiger partial charge in [0, 0.05) is 11.8 Å². The van der Waals surface area contributed by atoms with Gasteiger partial charge in [-0.15, -0.1) is 0 Å². The molecule has 1 unspecified atom stereocenters. The quantitative estimate of drug-likeness (QED) is 0.808. The van der Waals surface area contributed by atoms with Gasteiger partial charge in [-0.05, 0) is 24.8 Å². The number of aromatic nitrogens is 1. The number of thioether (sulfide) groups is 1. The summed E-state index contributed by atoms with van der Waals surface area (Å²) in [6, 6.07) is 4.29. The van der Waals surface area contributed by atoms with Gasteiger partial charge in [0.1, 0.15) is 11.6 Å². The minimum Gasteiger partial charge on any atom is -0.495 e. The van der Waals surface area contributed by atoms with Crippen molar-refractivity contribution < 1.29 is 4.74 Å². The van der Waals surface area contributed by atoms with Crippen molar-refractivity contribution in [1.29, 1.82) is 0 Å². The third-order valence-electron chi connectivity index (χ3n) is 1.94. The number of hydrogen-bond acceptors (Lipinski definition) is 4. The fraction of sp³-hybridized carbons (Fsp3) is 0.545. The Labute approximate surface area is 95.6 Å². The Morgan fingerprint density at radius 2 is 2.33 bits per heavy atom. The van der Waals surface area contributed by atoms with Gasteiger partial charge < -0.3 is 10.1 Å². The summed E-state index contributed by atoms with van der Waals surface area (Å²) in [6.45, 7) is 4.33. The van der Waals surface area contributed by atoms with Crippen LogP contribution >= 0.6 is 11.8 Å². The van der Waals surface area contributed by atoms with Crippen LogP contribution in [0.15, 0.2) is 18.3 Å². The molecule has 0 spiro atoms. The molecule has 3 nitrogen and oxygen atoms in total. The van der Waals surface area contributed by atoms with Crippen molar-refractivity contribution in [2.45, 2.75) is 19.9 Å². The summed E-state index contributed by atoms with van der Waals surface area (Å²) in [7, 11) is 1.64. The highest BCUT2D eigenvalue weighted by molar-refractivity contribution is 7.99. The molecule has 0 aliphatic rings. The van der Waals surface area contributed by atoms with Gasteiger partial charge in [0.05, 0.1) is 13.3 Å². The predicted octanol–water partition coefficient (Wildman–Crippen LogP) is 2.64. The molecular weight excluding hydrogens is 208 g/mol. The molecule has 0 bridgehead atoms. The molecule has 84 valence electrons. The molecule has 0 aliphatic carbocycles. The maximum Gasteiger partial charge on any atom is 0.137 e. The van der Waals surface area contributed by atoms with Crippen molar-refractivity contribution in [3.05, 3.63) is 18.3 Å². The first-order chi connectivity index (χ1) is 7.26. The summed E-state index contributed by atoms with van der Waals surface area (Å²) in [5, 5.41) is 3.34. The zero-order valence-corrected chi connectivity index (χ0v) is 10.3. The first-order valence-electron chi connectivity index (χ1n) is 5.10. The van der Waals surface area contributed by atoms with Crippen LogP contribution in [0.5, 0.6) is 5.75 Å². The smallest absolute Gasteiger partial charge is 0.137 e. The SMILES string of the molecule is CCSCC(C)Nc1ccc(OC)cn1. The maximum absolute atomic E-state index is 5.04. The lowest BCUT2D eigenvalue weighted by Gasteiger charge is -2.13. The summed E-state index contributed by atoms with van der Waals surface area (Å²) >= 11 is 1.93. The number of rotatable bonds is 6. The molecule has 4 heteroatoms. The number of nitrogens with one attached hydrogen (secondary N) is 1. The lowest BCUT2D eigenvalue weighted by molar-refractivity contribution is 0.413. The lowest BCUT2D eigenvalue weighted by atomic mass is 10.3. The predicted molar refractivity (Wildman–Crippen MR) is 66.9 cm³/mol. The zero-order valence-electron chi connectivity index (χ0n) is 9.49. The van der Waals surface area contributed by atoms with Crippen molar-refractivity contribution in [3.8, 4) is 5.75 Å². The maximum atomic E-state index is 5.04. The summed E-state index contributed by atoms with van der Waals surface area (Å²) in [5.41, 5.74) is 0. The second-order valence-corrected chi connectivity index (χ2v) is 4.61. The van der Waals surface area contributed by atoms with Crippen molar-refractivity contribution in [1.82, 2.24) is 4.98 Å². The molecule has 0 aromatic carbocycles. The first-order valence-corrected chi connectivity index (χ1v) is 6.26. The fourth-order valence-corrected chi connectivity index (χ4v) is 1.85. The molecule has 0 saturated heterocycles. The number of nitrogens with zero attached hydrogens (tertiary/aromatic N) is 1. The van der Waals surface area contributed by atoms with Crippen LogP contribution in [0.3, 0.4) is 0 Å². The largest absolute Gasteiger partial charge is 0.495 e. The number of ether oxygens (including phenoxy) is 1. The Balaban J connectivity index is 2.42. The second-order valence-electron chi connectivity index (χ2n) is 3.29. The van der Waals surface area contributed by atoms with Gasteiger partial charge in [0.25, 0.3) is 0 Å². The highest BCUT2D eigenvalue weighted by atomic mass is 32.2. The molecule has 0 saturated carbocycles. The average molecular weight is 226 g/mol. The van der Waals surface area contributed by atoms with E-state index in [2.05, 4.69) is 24.1 Å². The van der Waals surface area contributed by atoms with Crippen LogP contribution in [0.1, 0.15) is 13.8 Å². The molecule has 15 heavy (non-hydrogen) atoms. The average Bonchev–Trinajstić information content (AvgIpc) is 2.27. The van der Waals surface area contributed by atoms with E-state index in [0.29, 0.717) is 6.04 Å². The third kappa shape index (κ3) is 4.42. The van der Waals surface area contributed by atoms with Crippen molar-refractivity contribution >= 4 is 17.6 Å². The van der Waals surface area contributed by atoms with Gasteiger partial charge in [0.15, 0.2) is 0 Å². The first kappa shape index (κ1) is 12.2. The van der Waals surface area contributed by atoms with Crippen molar-refractivity contribution in [2.75, 3.05) is 23.9 Å². The van der Waals surface area contributed by atoms with E-state index in [1.54, 1.807) is 13.3 Å². The standard InChI is InChI=1S/C11H18N2OS/c1-4-15-8-9(2)13-11-6-5-10(14-3)7-12-11/h5-7,9H,4,8H2,1-3H3,(H,12,13). The van der Waals surface area contributed by atoms with Gasteiger partial charge >= 0.3 is 0 Å². The number of hydrogen-bond donors (Lipinski definition) is 1. The topological polar surface area (TPSA) is 34.1 Å². The van der Waals surface area contributed by atoms with Crippen LogP contribution in [0.4, 0.5) is 5.82 Å². The summed E-state index contributed by atoms with van der Waals surface area (Å²) in [6.07, 6.45) is 1.72. The minimum atomic E-state index is 0.441. The van der Waals surface area contributed by atoms with E-state index in [9.17, 15) is 0 Å². The van der Waals surface area contributed by atoms with Crippen LogP contribution in [0, 0.1) is 0 Å². The van der Waals surface area contributed by atoms with Crippen molar-refractivity contribution in [3.63, 3.8) is 0 Å². The zero-order chi connectivity index (χ0) is 11.1. The molecule has 0 aliphatic heterocycles. The van der Waals surface area contributed by atoms with Gasteiger partial charge in [0.2, 0.25) is 0 Å². The van der Waals surface area contributed by atoms with E-state index in [4.69, 9.17) is 4.74 Å². The Hall–Kier alpha value is -0.900. The van der Waals surface area contributed by atoms with E-state index in [1.807, 2.05) is 23.9 Å². The van der Waals surface area contributed by atoms with E-state index in [1.165, 1.54) is 0 Å². The molecule has 1 aromatic rings. The van der Waals surface area contributed by atoms with E-state index >= 15 is 0 Å². The monoisotopic (exact) mass is 226 g/mol. The normalized spacial score (nSPS) is 12.2. The highest BCUT2D eigenvalue weighted by Gasteiger charge is 2.02. The molecule has 0 amide bonds. The summed E-state index contributed by atoms with van der Waals surface area (Å²) < 4.78 is 5.04. The van der Waals surface area contributed by atoms with Crippen LogP contribution in [-0.4, -0.2) is 29.6 Å². The van der Waals surface area contributed by atoms with Crippen LogP contribution in [0.2, 0.25) is 0 Å². The molecule has 1 heterocycles. The Kier molecular flexibility index (Phi) is 5.32. The van der Waals surface area contributed by atoms with Gasteiger partial charge in [-0.1, -0.05) is 6.92 Å². The fourth-order valence-electron chi connectivity index (χ4n) is 1.18. The number of methoxy groups -OCH3 is 1. The molecule has 1 atom stereocenters. The summed E-state index contributed by atoms with van der Waals surface area (Å²) in [5.74, 6) is 3.95. The molecule has 0 fully saturated rings. The van der Waals surface area contributed by atoms with Crippen LogP contribution in [0.25, 0.3) is 0 Å². The van der Waals surface area contributed by atoms with E-state index in [-0.39, 0.29) is 0 Å². The van der Waals surface area contributed by atoms with Crippen LogP contribution in [-0.2, 0) is 0 Å². The number of anilines is 1. The van der Waals surface area contributed by atoms with Gasteiger partial charge in [-0.2, -0.15) is 11.8 Å². The Morgan fingerprint density at radius 1 is 1.53 bits per heavy atom. The van der Waals surface area contributed by atoms with Gasteiger partial charge in [-0.3, -0.25) is 0 Å². The number of pyridine rings is 1. The third-order valence-corrected chi connectivity index (χ3v) is 3.08. The van der Waals surface area contributed by atoms with Crippen molar-refractivity contribution in [2.24, 2.45) is 0 Å². The van der Waals surface area contributed by atoms with Gasteiger partial charge in [-0.25, -0.2) is 4.98 Å². The molecule has 0 radical (unpaired) electrons. The highest BCUT2D eigenvalue weighted by Crippen LogP contribution is 2.13. The van der Waals surface area contributed by atoms with Crippen LogP contribution < -0.4 is 10.1 Å². The molecule has 1 N–H and O–H groups in total. The second kappa shape index (κ2) is 6.56. The van der Waals surface area contributed by atoms with E-state index < -0.39 is 0 Å². The Morgan fingerprint density at radius 3 is 2.87 bits per heavy atom. The lowest BCUT2D eigenvalue weighted by Crippen LogP contribution is -2.18.